The SMILES string of the molecule is COCCn1ncc(Cl)c1C(O)C1CCCC1(C)C. The molecule has 1 aliphatic carbocycles. The summed E-state index contributed by atoms with van der Waals surface area (Å²) in [5.41, 5.74) is 0.887. The molecular formula is C14H23ClN2O2. The molecule has 1 saturated carbocycles. The number of halogens is 1. The van der Waals surface area contributed by atoms with Crippen molar-refractivity contribution < 1.29 is 9.84 Å². The third kappa shape index (κ3) is 2.96. The van der Waals surface area contributed by atoms with Gasteiger partial charge in [0, 0.05) is 7.11 Å². The van der Waals surface area contributed by atoms with Crippen molar-refractivity contribution in [1.82, 2.24) is 9.78 Å². The number of aliphatic hydroxyl groups excluding tert-OH is 1. The molecule has 0 aromatic carbocycles. The van der Waals surface area contributed by atoms with Crippen molar-refractivity contribution >= 4 is 11.6 Å². The van der Waals surface area contributed by atoms with E-state index >= 15 is 0 Å². The Morgan fingerprint density at radius 2 is 2.37 bits per heavy atom. The van der Waals surface area contributed by atoms with Gasteiger partial charge in [-0.25, -0.2) is 0 Å². The van der Waals surface area contributed by atoms with E-state index in [0.29, 0.717) is 18.2 Å². The van der Waals surface area contributed by atoms with Gasteiger partial charge in [-0.1, -0.05) is 31.9 Å². The third-order valence-electron chi connectivity index (χ3n) is 4.34. The molecule has 0 saturated heterocycles. The van der Waals surface area contributed by atoms with Crippen molar-refractivity contribution in [3.8, 4) is 0 Å². The van der Waals surface area contributed by atoms with E-state index in [-0.39, 0.29) is 11.3 Å². The normalized spacial score (nSPS) is 23.7. The van der Waals surface area contributed by atoms with Gasteiger partial charge in [0.1, 0.15) is 6.10 Å². The highest BCUT2D eigenvalue weighted by molar-refractivity contribution is 6.31. The molecule has 4 nitrogen and oxygen atoms in total. The number of methoxy groups -OCH3 is 1. The molecule has 1 fully saturated rings. The maximum absolute atomic E-state index is 10.7. The first-order valence-corrected chi connectivity index (χ1v) is 7.23. The summed E-state index contributed by atoms with van der Waals surface area (Å²) >= 11 is 6.21. The lowest BCUT2D eigenvalue weighted by Gasteiger charge is -2.31. The molecule has 1 aromatic heterocycles. The van der Waals surface area contributed by atoms with E-state index < -0.39 is 6.10 Å². The predicted molar refractivity (Wildman–Crippen MR) is 75.2 cm³/mol. The first-order valence-electron chi connectivity index (χ1n) is 6.85. The van der Waals surface area contributed by atoms with Crippen molar-refractivity contribution in [1.29, 1.82) is 0 Å². The minimum Gasteiger partial charge on any atom is -0.386 e. The topological polar surface area (TPSA) is 47.3 Å². The Bertz CT molecular complexity index is 431. The molecule has 2 rings (SSSR count). The van der Waals surface area contributed by atoms with Crippen LogP contribution in [-0.2, 0) is 11.3 Å². The number of aromatic nitrogens is 2. The molecule has 5 heteroatoms. The molecule has 1 N–H and O–H groups in total. The fourth-order valence-electron chi connectivity index (χ4n) is 3.15. The Kier molecular flexibility index (Phi) is 4.54. The van der Waals surface area contributed by atoms with Crippen LogP contribution in [0.2, 0.25) is 5.02 Å². The zero-order chi connectivity index (χ0) is 14.0. The second-order valence-corrected chi connectivity index (χ2v) is 6.43. The maximum atomic E-state index is 10.7. The lowest BCUT2D eigenvalue weighted by molar-refractivity contribution is 0.0451. The van der Waals surface area contributed by atoms with Crippen LogP contribution in [0.15, 0.2) is 6.20 Å². The summed E-state index contributed by atoms with van der Waals surface area (Å²) in [5, 5.41) is 15.5. The summed E-state index contributed by atoms with van der Waals surface area (Å²) in [5.74, 6) is 0.239. The Morgan fingerprint density at radius 1 is 1.63 bits per heavy atom. The van der Waals surface area contributed by atoms with Gasteiger partial charge in [-0.15, -0.1) is 0 Å². The van der Waals surface area contributed by atoms with E-state index in [1.807, 2.05) is 0 Å². The van der Waals surface area contributed by atoms with E-state index in [9.17, 15) is 5.11 Å². The van der Waals surface area contributed by atoms with Crippen LogP contribution in [0.5, 0.6) is 0 Å². The van der Waals surface area contributed by atoms with E-state index in [2.05, 4.69) is 18.9 Å². The first-order chi connectivity index (χ1) is 8.97. The lowest BCUT2D eigenvalue weighted by Crippen LogP contribution is -2.26. The Labute approximate surface area is 119 Å². The summed E-state index contributed by atoms with van der Waals surface area (Å²) in [4.78, 5) is 0. The standard InChI is InChI=1S/C14H23ClN2O2/c1-14(2)6-4-5-10(14)13(18)12-11(15)9-16-17(12)7-8-19-3/h9-10,13,18H,4-8H2,1-3H3. The largest absolute Gasteiger partial charge is 0.386 e. The fourth-order valence-corrected chi connectivity index (χ4v) is 3.40. The van der Waals surface area contributed by atoms with Crippen LogP contribution in [0.1, 0.15) is 44.9 Å². The van der Waals surface area contributed by atoms with Gasteiger partial charge in [0.2, 0.25) is 0 Å². The number of hydrogen-bond acceptors (Lipinski definition) is 3. The lowest BCUT2D eigenvalue weighted by atomic mass is 9.78. The van der Waals surface area contributed by atoms with Crippen LogP contribution in [0, 0.1) is 11.3 Å². The van der Waals surface area contributed by atoms with Crippen LogP contribution in [-0.4, -0.2) is 28.6 Å². The molecule has 19 heavy (non-hydrogen) atoms. The van der Waals surface area contributed by atoms with Crippen LogP contribution in [0.3, 0.4) is 0 Å². The van der Waals surface area contributed by atoms with Gasteiger partial charge in [0.25, 0.3) is 0 Å². The van der Waals surface area contributed by atoms with Crippen molar-refractivity contribution in [2.24, 2.45) is 11.3 Å². The zero-order valence-corrected chi connectivity index (χ0v) is 12.7. The summed E-state index contributed by atoms with van der Waals surface area (Å²) in [6.45, 7) is 5.61. The van der Waals surface area contributed by atoms with Gasteiger partial charge in [0.05, 0.1) is 30.1 Å². The molecule has 0 aliphatic heterocycles. The molecule has 0 radical (unpaired) electrons. The number of nitrogens with zero attached hydrogens (tertiary/aromatic N) is 2. The molecule has 0 amide bonds. The summed E-state index contributed by atoms with van der Waals surface area (Å²) < 4.78 is 6.84. The molecular weight excluding hydrogens is 264 g/mol. The first kappa shape index (κ1) is 14.8. The second-order valence-electron chi connectivity index (χ2n) is 6.03. The molecule has 1 aromatic rings. The van der Waals surface area contributed by atoms with Gasteiger partial charge >= 0.3 is 0 Å². The number of aliphatic hydroxyl groups is 1. The van der Waals surface area contributed by atoms with Gasteiger partial charge in [-0.05, 0) is 24.2 Å². The highest BCUT2D eigenvalue weighted by Crippen LogP contribution is 2.49. The van der Waals surface area contributed by atoms with E-state index in [4.69, 9.17) is 16.3 Å². The molecule has 1 aliphatic rings. The summed E-state index contributed by atoms with van der Waals surface area (Å²) in [7, 11) is 1.65. The highest BCUT2D eigenvalue weighted by atomic mass is 35.5. The minimum atomic E-state index is -0.552. The zero-order valence-electron chi connectivity index (χ0n) is 11.9. The minimum absolute atomic E-state index is 0.152. The van der Waals surface area contributed by atoms with Crippen molar-refractivity contribution in [2.75, 3.05) is 13.7 Å². The summed E-state index contributed by atoms with van der Waals surface area (Å²) in [6.07, 6.45) is 4.42. The Morgan fingerprint density at radius 3 is 2.95 bits per heavy atom. The highest BCUT2D eigenvalue weighted by Gasteiger charge is 2.41. The molecule has 108 valence electrons. The Balaban J connectivity index is 2.23. The van der Waals surface area contributed by atoms with Crippen molar-refractivity contribution in [2.45, 2.75) is 45.8 Å². The number of hydrogen-bond donors (Lipinski definition) is 1. The van der Waals surface area contributed by atoms with Crippen LogP contribution < -0.4 is 0 Å². The summed E-state index contributed by atoms with van der Waals surface area (Å²) in [6, 6.07) is 0. The van der Waals surface area contributed by atoms with Crippen LogP contribution >= 0.6 is 11.6 Å². The smallest absolute Gasteiger partial charge is 0.100 e. The van der Waals surface area contributed by atoms with Gasteiger partial charge in [-0.2, -0.15) is 5.10 Å². The average molecular weight is 287 g/mol. The molecule has 2 atom stereocenters. The average Bonchev–Trinajstić information content (AvgIpc) is 2.88. The predicted octanol–water partition coefficient (Wildman–Crippen LogP) is 3.04. The molecule has 0 bridgehead atoms. The number of ether oxygens (including phenoxy) is 1. The molecule has 2 unspecified atom stereocenters. The molecule has 0 spiro atoms. The van der Waals surface area contributed by atoms with Gasteiger partial charge in [-0.3, -0.25) is 4.68 Å². The maximum Gasteiger partial charge on any atom is 0.100 e. The van der Waals surface area contributed by atoms with Gasteiger partial charge < -0.3 is 9.84 Å². The quantitative estimate of drug-likeness (QED) is 0.905. The monoisotopic (exact) mass is 286 g/mol. The third-order valence-corrected chi connectivity index (χ3v) is 4.63. The fraction of sp³-hybridized carbons (Fsp3) is 0.786. The van der Waals surface area contributed by atoms with E-state index in [1.165, 1.54) is 6.42 Å². The van der Waals surface area contributed by atoms with Gasteiger partial charge in [0.15, 0.2) is 0 Å². The number of rotatable bonds is 5. The van der Waals surface area contributed by atoms with E-state index in [1.54, 1.807) is 18.0 Å². The molecule has 1 heterocycles. The second kappa shape index (κ2) is 5.81. The van der Waals surface area contributed by atoms with Crippen LogP contribution in [0.25, 0.3) is 0 Å². The van der Waals surface area contributed by atoms with E-state index in [0.717, 1.165) is 18.5 Å². The van der Waals surface area contributed by atoms with Crippen molar-refractivity contribution in [3.05, 3.63) is 16.9 Å². The Hall–Kier alpha value is -0.580. The van der Waals surface area contributed by atoms with Crippen LogP contribution in [0.4, 0.5) is 0 Å². The van der Waals surface area contributed by atoms with Crippen molar-refractivity contribution in [3.63, 3.8) is 0 Å².